The maximum atomic E-state index is 13.0. The third-order valence-corrected chi connectivity index (χ3v) is 4.50. The number of nitrogens with zero attached hydrogens (tertiary/aromatic N) is 1. The van der Waals surface area contributed by atoms with Crippen molar-refractivity contribution in [3.8, 4) is 0 Å². The van der Waals surface area contributed by atoms with Gasteiger partial charge in [-0.05, 0) is 30.2 Å². The second-order valence-electron chi connectivity index (χ2n) is 6.37. The average molecular weight is 325 g/mol. The quantitative estimate of drug-likeness (QED) is 0.652. The molecule has 4 rings (SSSR count). The molecule has 0 aromatic heterocycles. The molecule has 0 radical (unpaired) electrons. The van der Waals surface area contributed by atoms with Crippen LogP contribution in [0.2, 0.25) is 0 Å². The molecule has 0 saturated heterocycles. The molecule has 0 saturated carbocycles. The van der Waals surface area contributed by atoms with Gasteiger partial charge in [0.2, 0.25) is 0 Å². The molecular weight excluding hydrogens is 306 g/mol. The molecule has 0 aliphatic carbocycles. The second kappa shape index (κ2) is 6.40. The first-order chi connectivity index (χ1) is 12.2. The topological polar surface area (TPSA) is 20.3 Å². The van der Waals surface area contributed by atoms with Gasteiger partial charge in [-0.2, -0.15) is 0 Å². The van der Waals surface area contributed by atoms with Gasteiger partial charge < -0.3 is 4.90 Å². The highest BCUT2D eigenvalue weighted by molar-refractivity contribution is 6.11. The number of carbonyl (C=O) groups excluding carboxylic acids is 1. The number of carbonyl (C=O) groups is 1. The Balaban J connectivity index is 1.80. The van der Waals surface area contributed by atoms with Crippen molar-refractivity contribution in [3.63, 3.8) is 0 Å². The minimum absolute atomic E-state index is 0.0679. The molecule has 0 unspecified atom stereocenters. The van der Waals surface area contributed by atoms with E-state index < -0.39 is 0 Å². The fraction of sp³-hybridized carbons (Fsp3) is 0.0870. The molecule has 0 fully saturated rings. The summed E-state index contributed by atoms with van der Waals surface area (Å²) in [6, 6.07) is 26.3. The van der Waals surface area contributed by atoms with Crippen LogP contribution in [0.15, 0.2) is 78.9 Å². The predicted molar refractivity (Wildman–Crippen MR) is 102 cm³/mol. The Labute approximate surface area is 148 Å². The SMILES string of the molecule is Cc1cccc(/C=C2/c3ccccc3C(=O)N2Cc2ccccc2)c1. The number of hydrogen-bond acceptors (Lipinski definition) is 1. The Morgan fingerprint density at radius 2 is 1.56 bits per heavy atom. The minimum atomic E-state index is 0.0679. The van der Waals surface area contributed by atoms with Crippen molar-refractivity contribution in [1.29, 1.82) is 0 Å². The van der Waals surface area contributed by atoms with Crippen LogP contribution < -0.4 is 0 Å². The fourth-order valence-electron chi connectivity index (χ4n) is 3.29. The normalized spacial score (nSPS) is 14.8. The molecule has 25 heavy (non-hydrogen) atoms. The van der Waals surface area contributed by atoms with Gasteiger partial charge in [0.1, 0.15) is 0 Å². The van der Waals surface area contributed by atoms with E-state index in [9.17, 15) is 4.79 Å². The van der Waals surface area contributed by atoms with Crippen LogP contribution >= 0.6 is 0 Å². The van der Waals surface area contributed by atoms with Crippen molar-refractivity contribution < 1.29 is 4.79 Å². The van der Waals surface area contributed by atoms with Crippen LogP contribution in [0.4, 0.5) is 0 Å². The van der Waals surface area contributed by atoms with Crippen LogP contribution in [0.25, 0.3) is 11.8 Å². The Morgan fingerprint density at radius 1 is 0.840 bits per heavy atom. The second-order valence-corrected chi connectivity index (χ2v) is 6.37. The van der Waals surface area contributed by atoms with E-state index in [1.807, 2.05) is 53.4 Å². The molecule has 0 N–H and O–H groups in total. The van der Waals surface area contributed by atoms with E-state index in [4.69, 9.17) is 0 Å². The van der Waals surface area contributed by atoms with Crippen molar-refractivity contribution in [2.75, 3.05) is 0 Å². The lowest BCUT2D eigenvalue weighted by molar-refractivity contribution is 0.0843. The van der Waals surface area contributed by atoms with Gasteiger partial charge in [-0.15, -0.1) is 0 Å². The van der Waals surface area contributed by atoms with E-state index in [1.165, 1.54) is 5.56 Å². The summed E-state index contributed by atoms with van der Waals surface area (Å²) in [4.78, 5) is 14.8. The molecule has 1 heterocycles. The van der Waals surface area contributed by atoms with E-state index in [-0.39, 0.29) is 5.91 Å². The number of amides is 1. The van der Waals surface area contributed by atoms with Crippen LogP contribution in [0, 0.1) is 6.92 Å². The van der Waals surface area contributed by atoms with E-state index in [0.717, 1.165) is 28.0 Å². The van der Waals surface area contributed by atoms with Gasteiger partial charge in [0, 0.05) is 11.1 Å². The van der Waals surface area contributed by atoms with Crippen molar-refractivity contribution >= 4 is 17.7 Å². The molecule has 0 bridgehead atoms. The summed E-state index contributed by atoms with van der Waals surface area (Å²) in [5, 5.41) is 0. The summed E-state index contributed by atoms with van der Waals surface area (Å²) in [7, 11) is 0. The minimum Gasteiger partial charge on any atom is -0.303 e. The van der Waals surface area contributed by atoms with Crippen LogP contribution in [-0.2, 0) is 6.54 Å². The molecular formula is C23H19NO. The third-order valence-electron chi connectivity index (χ3n) is 4.50. The first-order valence-corrected chi connectivity index (χ1v) is 8.46. The van der Waals surface area contributed by atoms with Crippen molar-refractivity contribution in [3.05, 3.63) is 107 Å². The summed E-state index contributed by atoms with van der Waals surface area (Å²) < 4.78 is 0. The highest BCUT2D eigenvalue weighted by Crippen LogP contribution is 2.35. The van der Waals surface area contributed by atoms with E-state index in [0.29, 0.717) is 6.54 Å². The highest BCUT2D eigenvalue weighted by Gasteiger charge is 2.31. The molecule has 122 valence electrons. The van der Waals surface area contributed by atoms with E-state index in [2.05, 4.69) is 43.3 Å². The summed E-state index contributed by atoms with van der Waals surface area (Å²) in [5.41, 5.74) is 6.19. The molecule has 0 spiro atoms. The predicted octanol–water partition coefficient (Wildman–Crippen LogP) is 5.15. The smallest absolute Gasteiger partial charge is 0.259 e. The number of rotatable bonds is 3. The van der Waals surface area contributed by atoms with Gasteiger partial charge in [-0.25, -0.2) is 0 Å². The molecule has 1 amide bonds. The Kier molecular flexibility index (Phi) is 3.95. The van der Waals surface area contributed by atoms with Crippen LogP contribution in [0.3, 0.4) is 0 Å². The first kappa shape index (κ1) is 15.4. The molecule has 2 nitrogen and oxygen atoms in total. The fourth-order valence-corrected chi connectivity index (χ4v) is 3.29. The van der Waals surface area contributed by atoms with Gasteiger partial charge in [0.15, 0.2) is 0 Å². The average Bonchev–Trinajstić information content (AvgIpc) is 2.89. The van der Waals surface area contributed by atoms with Crippen molar-refractivity contribution in [1.82, 2.24) is 4.90 Å². The largest absolute Gasteiger partial charge is 0.303 e. The summed E-state index contributed by atoms with van der Waals surface area (Å²) in [5.74, 6) is 0.0679. The zero-order valence-electron chi connectivity index (χ0n) is 14.1. The maximum absolute atomic E-state index is 13.0. The Bertz CT molecular complexity index is 957. The van der Waals surface area contributed by atoms with Gasteiger partial charge in [-0.3, -0.25) is 4.79 Å². The maximum Gasteiger partial charge on any atom is 0.259 e. The third kappa shape index (κ3) is 2.99. The summed E-state index contributed by atoms with van der Waals surface area (Å²) in [6.07, 6.45) is 2.11. The zero-order valence-corrected chi connectivity index (χ0v) is 14.1. The lowest BCUT2D eigenvalue weighted by atomic mass is 10.1. The highest BCUT2D eigenvalue weighted by atomic mass is 16.2. The number of fused-ring (bicyclic) bond motifs is 1. The molecule has 1 aliphatic rings. The Morgan fingerprint density at radius 3 is 2.32 bits per heavy atom. The zero-order chi connectivity index (χ0) is 17.2. The van der Waals surface area contributed by atoms with Crippen LogP contribution in [0.1, 0.15) is 32.6 Å². The van der Waals surface area contributed by atoms with Crippen LogP contribution in [-0.4, -0.2) is 10.8 Å². The number of aryl methyl sites for hydroxylation is 1. The van der Waals surface area contributed by atoms with Gasteiger partial charge >= 0.3 is 0 Å². The van der Waals surface area contributed by atoms with Gasteiger partial charge in [-0.1, -0.05) is 78.4 Å². The molecule has 3 aromatic rings. The molecule has 3 aromatic carbocycles. The van der Waals surface area contributed by atoms with E-state index in [1.54, 1.807) is 0 Å². The van der Waals surface area contributed by atoms with Gasteiger partial charge in [0.25, 0.3) is 5.91 Å². The van der Waals surface area contributed by atoms with Crippen molar-refractivity contribution in [2.24, 2.45) is 0 Å². The standard InChI is InChI=1S/C23H19NO/c1-17-8-7-11-19(14-17)15-22-20-12-5-6-13-21(20)23(25)24(22)16-18-9-3-2-4-10-18/h2-15H,16H2,1H3/b22-15-. The lowest BCUT2D eigenvalue weighted by Crippen LogP contribution is -2.22. The van der Waals surface area contributed by atoms with Gasteiger partial charge in [0.05, 0.1) is 12.2 Å². The monoisotopic (exact) mass is 325 g/mol. The number of benzene rings is 3. The van der Waals surface area contributed by atoms with E-state index >= 15 is 0 Å². The molecule has 2 heteroatoms. The summed E-state index contributed by atoms with van der Waals surface area (Å²) >= 11 is 0. The van der Waals surface area contributed by atoms with Crippen molar-refractivity contribution in [2.45, 2.75) is 13.5 Å². The first-order valence-electron chi connectivity index (χ1n) is 8.46. The molecule has 1 aliphatic heterocycles. The number of hydrogen-bond donors (Lipinski definition) is 0. The molecule has 0 atom stereocenters. The summed E-state index contributed by atoms with van der Waals surface area (Å²) in [6.45, 7) is 2.66. The lowest BCUT2D eigenvalue weighted by Gasteiger charge is -2.19. The Hall–Kier alpha value is -3.13. The van der Waals surface area contributed by atoms with Crippen LogP contribution in [0.5, 0.6) is 0 Å².